The molecule has 0 fully saturated rings. The van der Waals surface area contributed by atoms with Gasteiger partial charge in [0.05, 0.1) is 5.92 Å². The Balaban J connectivity index is 2.71. The Kier molecular flexibility index (Phi) is 6.57. The minimum Gasteiger partial charge on any atom is -0.426 e. The van der Waals surface area contributed by atoms with Gasteiger partial charge in [-0.1, -0.05) is 26.0 Å². The summed E-state index contributed by atoms with van der Waals surface area (Å²) in [5, 5.41) is 0. The van der Waals surface area contributed by atoms with Crippen LogP contribution >= 0.6 is 11.6 Å². The van der Waals surface area contributed by atoms with E-state index in [1.165, 1.54) is 0 Å². The summed E-state index contributed by atoms with van der Waals surface area (Å²) < 4.78 is 5.25. The lowest BCUT2D eigenvalue weighted by atomic mass is 10.1. The van der Waals surface area contributed by atoms with Gasteiger partial charge < -0.3 is 4.74 Å². The summed E-state index contributed by atoms with van der Waals surface area (Å²) in [6, 6.07) is 6.72. The largest absolute Gasteiger partial charge is 0.426 e. The highest BCUT2D eigenvalue weighted by Gasteiger charge is 2.14. The van der Waals surface area contributed by atoms with E-state index >= 15 is 0 Å². The molecule has 0 aliphatic carbocycles. The molecule has 0 bridgehead atoms. The first-order chi connectivity index (χ1) is 9.08. The van der Waals surface area contributed by atoms with Crippen molar-refractivity contribution >= 4 is 23.4 Å². The van der Waals surface area contributed by atoms with Gasteiger partial charge in [0, 0.05) is 17.9 Å². The van der Waals surface area contributed by atoms with Gasteiger partial charge in [0.2, 0.25) is 0 Å². The van der Waals surface area contributed by atoms with Crippen LogP contribution in [0.25, 0.3) is 0 Å². The maximum absolute atomic E-state index is 11.8. The van der Waals surface area contributed by atoms with Crippen LogP contribution in [0.15, 0.2) is 24.3 Å². The molecule has 0 aliphatic heterocycles. The maximum atomic E-state index is 11.8. The van der Waals surface area contributed by atoms with Gasteiger partial charge in [-0.2, -0.15) is 0 Å². The number of alkyl halides is 1. The third-order valence-electron chi connectivity index (χ3n) is 2.93. The van der Waals surface area contributed by atoms with Gasteiger partial charge in [0.1, 0.15) is 5.75 Å². The van der Waals surface area contributed by atoms with Gasteiger partial charge in [0.25, 0.3) is 0 Å². The van der Waals surface area contributed by atoms with E-state index in [0.29, 0.717) is 30.0 Å². The first kappa shape index (κ1) is 15.7. The molecule has 4 heteroatoms. The second kappa shape index (κ2) is 7.95. The Morgan fingerprint density at radius 3 is 2.74 bits per heavy atom. The van der Waals surface area contributed by atoms with Crippen molar-refractivity contribution in [2.75, 3.05) is 5.88 Å². The van der Waals surface area contributed by atoms with Crippen LogP contribution in [0.1, 0.15) is 43.5 Å². The van der Waals surface area contributed by atoms with Crippen LogP contribution in [0.3, 0.4) is 0 Å². The molecular weight excluding hydrogens is 264 g/mol. The van der Waals surface area contributed by atoms with E-state index in [9.17, 15) is 9.59 Å². The van der Waals surface area contributed by atoms with Crippen molar-refractivity contribution in [1.82, 2.24) is 0 Å². The van der Waals surface area contributed by atoms with E-state index in [-0.39, 0.29) is 17.7 Å². The summed E-state index contributed by atoms with van der Waals surface area (Å²) in [6.07, 6.45) is 1.79. The first-order valence-corrected chi connectivity index (χ1v) is 7.02. The van der Waals surface area contributed by atoms with E-state index in [2.05, 4.69) is 0 Å². The highest BCUT2D eigenvalue weighted by molar-refractivity contribution is 6.18. The average Bonchev–Trinajstić information content (AvgIpc) is 2.43. The minimum atomic E-state index is -0.271. The van der Waals surface area contributed by atoms with Crippen LogP contribution in [-0.2, 0) is 4.79 Å². The third kappa shape index (κ3) is 5.03. The van der Waals surface area contributed by atoms with Crippen LogP contribution in [0, 0.1) is 5.92 Å². The molecule has 0 spiro atoms. The zero-order valence-corrected chi connectivity index (χ0v) is 12.1. The van der Waals surface area contributed by atoms with Crippen LogP contribution in [0.5, 0.6) is 5.75 Å². The predicted molar refractivity (Wildman–Crippen MR) is 75.8 cm³/mol. The number of benzene rings is 1. The number of hydrogen-bond donors (Lipinski definition) is 0. The molecule has 0 saturated carbocycles. The van der Waals surface area contributed by atoms with E-state index in [0.717, 1.165) is 6.42 Å². The molecule has 0 radical (unpaired) electrons. The highest BCUT2D eigenvalue weighted by atomic mass is 35.5. The molecule has 0 saturated heterocycles. The average molecular weight is 283 g/mol. The summed E-state index contributed by atoms with van der Waals surface area (Å²) in [6.45, 7) is 3.75. The van der Waals surface area contributed by atoms with Crippen molar-refractivity contribution in [3.63, 3.8) is 0 Å². The highest BCUT2D eigenvalue weighted by Crippen LogP contribution is 2.17. The quantitative estimate of drug-likeness (QED) is 0.330. The van der Waals surface area contributed by atoms with E-state index in [1.54, 1.807) is 24.3 Å². The summed E-state index contributed by atoms with van der Waals surface area (Å²) in [5.41, 5.74) is 0.555. The molecule has 0 amide bonds. The smallest absolute Gasteiger partial charge is 0.314 e. The molecule has 1 aromatic rings. The van der Waals surface area contributed by atoms with E-state index in [4.69, 9.17) is 16.3 Å². The van der Waals surface area contributed by atoms with E-state index in [1.807, 2.05) is 13.8 Å². The molecule has 0 heterocycles. The van der Waals surface area contributed by atoms with Crippen LogP contribution in [0.4, 0.5) is 0 Å². The van der Waals surface area contributed by atoms with Gasteiger partial charge in [-0.15, -0.1) is 11.6 Å². The third-order valence-corrected chi connectivity index (χ3v) is 3.19. The topological polar surface area (TPSA) is 43.4 Å². The van der Waals surface area contributed by atoms with Crippen molar-refractivity contribution in [3.05, 3.63) is 29.8 Å². The molecule has 1 unspecified atom stereocenters. The van der Waals surface area contributed by atoms with Crippen molar-refractivity contribution in [1.29, 1.82) is 0 Å². The Hall–Kier alpha value is -1.35. The fourth-order valence-corrected chi connectivity index (χ4v) is 1.62. The maximum Gasteiger partial charge on any atom is 0.314 e. The standard InChI is InChI=1S/C15H19ClO3/c1-3-11(2)15(18)19-13-7-4-6-12(10-13)14(17)8-5-9-16/h4,6-7,10-11H,3,5,8-9H2,1-2H3. The number of carbonyl (C=O) groups is 2. The lowest BCUT2D eigenvalue weighted by Crippen LogP contribution is -2.17. The van der Waals surface area contributed by atoms with E-state index < -0.39 is 0 Å². The van der Waals surface area contributed by atoms with Crippen molar-refractivity contribution in [3.8, 4) is 5.75 Å². The number of Topliss-reactive ketones (excluding diaryl/α,β-unsaturated/α-hetero) is 1. The number of esters is 1. The second-order valence-corrected chi connectivity index (χ2v) is 4.85. The number of ether oxygens (including phenoxy) is 1. The Labute approximate surface area is 118 Å². The molecule has 0 aliphatic rings. The molecule has 1 aromatic carbocycles. The van der Waals surface area contributed by atoms with Crippen molar-refractivity contribution in [2.45, 2.75) is 33.1 Å². The van der Waals surface area contributed by atoms with Gasteiger partial charge in [0.15, 0.2) is 5.78 Å². The summed E-state index contributed by atoms with van der Waals surface area (Å²) in [7, 11) is 0. The van der Waals surface area contributed by atoms with Gasteiger partial charge in [-0.05, 0) is 25.0 Å². The molecule has 19 heavy (non-hydrogen) atoms. The van der Waals surface area contributed by atoms with Gasteiger partial charge in [-0.25, -0.2) is 0 Å². The van der Waals surface area contributed by atoms with Crippen LogP contribution in [-0.4, -0.2) is 17.6 Å². The van der Waals surface area contributed by atoms with Crippen molar-refractivity contribution < 1.29 is 14.3 Å². The molecule has 1 rings (SSSR count). The lowest BCUT2D eigenvalue weighted by molar-refractivity contribution is -0.138. The molecule has 0 N–H and O–H groups in total. The van der Waals surface area contributed by atoms with Crippen LogP contribution < -0.4 is 4.74 Å². The van der Waals surface area contributed by atoms with Crippen LogP contribution in [0.2, 0.25) is 0 Å². The number of hydrogen-bond acceptors (Lipinski definition) is 3. The second-order valence-electron chi connectivity index (χ2n) is 4.47. The number of rotatable bonds is 7. The minimum absolute atomic E-state index is 0.0158. The monoisotopic (exact) mass is 282 g/mol. The molecule has 3 nitrogen and oxygen atoms in total. The Morgan fingerprint density at radius 2 is 2.11 bits per heavy atom. The summed E-state index contributed by atoms with van der Waals surface area (Å²) >= 11 is 5.56. The van der Waals surface area contributed by atoms with Gasteiger partial charge >= 0.3 is 5.97 Å². The Bertz CT molecular complexity index is 443. The van der Waals surface area contributed by atoms with Crippen molar-refractivity contribution in [2.24, 2.45) is 5.92 Å². The normalized spacial score (nSPS) is 11.9. The zero-order valence-electron chi connectivity index (χ0n) is 11.3. The first-order valence-electron chi connectivity index (χ1n) is 6.49. The zero-order chi connectivity index (χ0) is 14.3. The molecule has 104 valence electrons. The lowest BCUT2D eigenvalue weighted by Gasteiger charge is -2.09. The number of carbonyl (C=O) groups excluding carboxylic acids is 2. The summed E-state index contributed by atoms with van der Waals surface area (Å²) in [4.78, 5) is 23.5. The van der Waals surface area contributed by atoms with Gasteiger partial charge in [-0.3, -0.25) is 9.59 Å². The molecular formula is C15H19ClO3. The molecule has 1 atom stereocenters. The molecule has 0 aromatic heterocycles. The number of ketones is 1. The summed E-state index contributed by atoms with van der Waals surface area (Å²) in [5.74, 6) is 0.488. The fraction of sp³-hybridized carbons (Fsp3) is 0.467. The number of halogens is 1. The SMILES string of the molecule is CCC(C)C(=O)Oc1cccc(C(=O)CCCCl)c1. The Morgan fingerprint density at radius 1 is 1.37 bits per heavy atom. The predicted octanol–water partition coefficient (Wildman–Crippen LogP) is 3.84. The fourth-order valence-electron chi connectivity index (χ4n) is 1.49.